The maximum atomic E-state index is 12.8. The number of hydrogen-bond acceptors (Lipinski definition) is 6. The van der Waals surface area contributed by atoms with Crippen molar-refractivity contribution in [2.24, 2.45) is 0 Å². The summed E-state index contributed by atoms with van der Waals surface area (Å²) >= 11 is 0. The lowest BCUT2D eigenvalue weighted by Gasteiger charge is -2.18. The van der Waals surface area contributed by atoms with E-state index in [4.69, 9.17) is 14.2 Å². The van der Waals surface area contributed by atoms with E-state index in [-0.39, 0.29) is 37.5 Å². The van der Waals surface area contributed by atoms with Gasteiger partial charge in [0.15, 0.2) is 6.10 Å². The van der Waals surface area contributed by atoms with E-state index < -0.39 is 6.10 Å². The fourth-order valence-corrected chi connectivity index (χ4v) is 8.19. The number of carbonyl (C=O) groups excluding carboxylic acids is 3. The Kier molecular flexibility index (Phi) is 53.3. The van der Waals surface area contributed by atoms with Crippen LogP contribution in [0.3, 0.4) is 0 Å². The molecule has 0 spiro atoms. The van der Waals surface area contributed by atoms with Crippen molar-refractivity contribution in [2.75, 3.05) is 13.2 Å². The smallest absolute Gasteiger partial charge is 0.306 e. The number of unbranched alkanes of at least 4 members (excludes halogenated alkanes) is 31. The molecule has 6 nitrogen and oxygen atoms in total. The van der Waals surface area contributed by atoms with Gasteiger partial charge in [-0.05, 0) is 57.8 Å². The summed E-state index contributed by atoms with van der Waals surface area (Å²) in [6.45, 7) is 6.58. The SMILES string of the molecule is CCCCC/C=C\C/C=C\C/C=C\C/C=C\C/C=C\CCC(=O)OC[C@H](COC(=O)CCCCCCCCCCCCCCCCC)OC(=O)CCCCCCCCCCCCCCCCC. The van der Waals surface area contributed by atoms with Crippen LogP contribution in [-0.4, -0.2) is 37.2 Å². The topological polar surface area (TPSA) is 78.9 Å². The van der Waals surface area contributed by atoms with Gasteiger partial charge in [0, 0.05) is 19.3 Å². The van der Waals surface area contributed by atoms with Crippen molar-refractivity contribution in [2.45, 2.75) is 297 Å². The Bertz CT molecular complexity index is 1210. The van der Waals surface area contributed by atoms with Crippen molar-refractivity contribution < 1.29 is 28.6 Å². The zero-order chi connectivity index (χ0) is 48.6. The van der Waals surface area contributed by atoms with Gasteiger partial charge in [-0.3, -0.25) is 14.4 Å². The third-order valence-electron chi connectivity index (χ3n) is 12.5. The molecule has 0 aliphatic rings. The van der Waals surface area contributed by atoms with Gasteiger partial charge in [-0.1, -0.05) is 274 Å². The lowest BCUT2D eigenvalue weighted by atomic mass is 10.0. The summed E-state index contributed by atoms with van der Waals surface area (Å²) in [5.74, 6) is -0.965. The normalized spacial score (nSPS) is 12.5. The van der Waals surface area contributed by atoms with Crippen LogP contribution in [0.15, 0.2) is 60.8 Å². The van der Waals surface area contributed by atoms with E-state index >= 15 is 0 Å². The van der Waals surface area contributed by atoms with Crippen molar-refractivity contribution in [3.05, 3.63) is 60.8 Å². The van der Waals surface area contributed by atoms with Gasteiger partial charge >= 0.3 is 17.9 Å². The average molecular weight is 938 g/mol. The quantitative estimate of drug-likeness (QED) is 0.0262. The van der Waals surface area contributed by atoms with E-state index in [1.165, 1.54) is 180 Å². The molecule has 67 heavy (non-hydrogen) atoms. The lowest BCUT2D eigenvalue weighted by molar-refractivity contribution is -0.166. The Morgan fingerprint density at radius 1 is 0.299 bits per heavy atom. The second-order valence-corrected chi connectivity index (χ2v) is 19.2. The maximum absolute atomic E-state index is 12.8. The number of carbonyl (C=O) groups is 3. The predicted octanol–water partition coefficient (Wildman–Crippen LogP) is 19.2. The molecule has 0 fully saturated rings. The monoisotopic (exact) mass is 937 g/mol. The Morgan fingerprint density at radius 3 is 0.925 bits per heavy atom. The molecule has 0 saturated heterocycles. The molecule has 0 amide bonds. The van der Waals surface area contributed by atoms with Gasteiger partial charge in [-0.2, -0.15) is 0 Å². The number of allylic oxidation sites excluding steroid dienone is 10. The van der Waals surface area contributed by atoms with E-state index in [1.807, 2.05) is 6.08 Å². The van der Waals surface area contributed by atoms with Gasteiger partial charge in [0.2, 0.25) is 0 Å². The van der Waals surface area contributed by atoms with Crippen molar-refractivity contribution in [1.29, 1.82) is 0 Å². The molecule has 0 aliphatic heterocycles. The van der Waals surface area contributed by atoms with Crippen LogP contribution in [0.1, 0.15) is 290 Å². The third-order valence-corrected chi connectivity index (χ3v) is 12.5. The van der Waals surface area contributed by atoms with E-state index in [0.29, 0.717) is 19.3 Å². The van der Waals surface area contributed by atoms with E-state index in [9.17, 15) is 14.4 Å². The van der Waals surface area contributed by atoms with E-state index in [1.54, 1.807) is 0 Å². The molecule has 0 N–H and O–H groups in total. The molecule has 0 aromatic heterocycles. The maximum Gasteiger partial charge on any atom is 0.306 e. The summed E-state index contributed by atoms with van der Waals surface area (Å²) in [5.41, 5.74) is 0. The fourth-order valence-electron chi connectivity index (χ4n) is 8.19. The second-order valence-electron chi connectivity index (χ2n) is 19.2. The molecule has 388 valence electrons. The largest absolute Gasteiger partial charge is 0.462 e. The standard InChI is InChI=1S/C61H108O6/c1-4-7-10-13-16-19-22-25-28-29-30-31-34-36-39-42-45-48-51-54-60(63)66-57-58(67-61(64)55-52-49-46-43-40-37-33-27-24-21-18-15-12-9-6-3)56-65-59(62)53-50-47-44-41-38-35-32-26-23-20-17-14-11-8-5-2/h16,19,25,28,30-31,36,39,45,48,58H,4-15,17-18,20-24,26-27,29,32-35,37-38,40-44,46-47,49-57H2,1-3H3/b19-16-,28-25-,31-30-,39-36-,48-45-/t58-/m0/s1. The molecule has 0 aromatic rings. The zero-order valence-corrected chi connectivity index (χ0v) is 44.4. The molecule has 0 aromatic carbocycles. The van der Waals surface area contributed by atoms with Crippen molar-refractivity contribution in [3.8, 4) is 0 Å². The Balaban J connectivity index is 4.45. The first kappa shape index (κ1) is 64.1. The van der Waals surface area contributed by atoms with Crippen LogP contribution < -0.4 is 0 Å². The van der Waals surface area contributed by atoms with Crippen molar-refractivity contribution in [1.82, 2.24) is 0 Å². The summed E-state index contributed by atoms with van der Waals surface area (Å²) in [5, 5.41) is 0. The summed E-state index contributed by atoms with van der Waals surface area (Å²) in [4.78, 5) is 38.1. The van der Waals surface area contributed by atoms with Gasteiger partial charge in [0.25, 0.3) is 0 Å². The van der Waals surface area contributed by atoms with Crippen LogP contribution >= 0.6 is 0 Å². The van der Waals surface area contributed by atoms with Crippen LogP contribution in [0.4, 0.5) is 0 Å². The van der Waals surface area contributed by atoms with Crippen LogP contribution in [0.5, 0.6) is 0 Å². The molecule has 0 heterocycles. The first-order valence-electron chi connectivity index (χ1n) is 28.8. The molecule has 0 radical (unpaired) electrons. The van der Waals surface area contributed by atoms with Crippen LogP contribution in [-0.2, 0) is 28.6 Å². The number of hydrogen-bond donors (Lipinski definition) is 0. The molecule has 0 aliphatic carbocycles. The van der Waals surface area contributed by atoms with Gasteiger partial charge in [0.1, 0.15) is 13.2 Å². The van der Waals surface area contributed by atoms with Crippen molar-refractivity contribution in [3.63, 3.8) is 0 Å². The number of ether oxygens (including phenoxy) is 3. The Morgan fingerprint density at radius 2 is 0.567 bits per heavy atom. The van der Waals surface area contributed by atoms with Crippen LogP contribution in [0.25, 0.3) is 0 Å². The minimum atomic E-state index is -0.800. The van der Waals surface area contributed by atoms with Gasteiger partial charge < -0.3 is 14.2 Å². The first-order valence-corrected chi connectivity index (χ1v) is 28.8. The second kappa shape index (κ2) is 55.7. The first-order chi connectivity index (χ1) is 33.0. The van der Waals surface area contributed by atoms with Crippen molar-refractivity contribution >= 4 is 17.9 Å². The van der Waals surface area contributed by atoms with Gasteiger partial charge in [-0.15, -0.1) is 0 Å². The molecular formula is C61H108O6. The summed E-state index contributed by atoms with van der Waals surface area (Å²) in [6, 6.07) is 0. The lowest BCUT2D eigenvalue weighted by Crippen LogP contribution is -2.30. The Labute approximate surface area is 415 Å². The molecular weight excluding hydrogens is 829 g/mol. The molecule has 6 heteroatoms. The number of esters is 3. The molecule has 0 saturated carbocycles. The summed E-state index contributed by atoms with van der Waals surface area (Å²) in [6.07, 6.45) is 69.3. The summed E-state index contributed by atoms with van der Waals surface area (Å²) < 4.78 is 16.8. The minimum absolute atomic E-state index is 0.0928. The number of rotatable bonds is 52. The molecule has 0 unspecified atom stereocenters. The summed E-state index contributed by atoms with van der Waals surface area (Å²) in [7, 11) is 0. The van der Waals surface area contributed by atoms with Crippen LogP contribution in [0, 0.1) is 0 Å². The highest BCUT2D eigenvalue weighted by molar-refractivity contribution is 5.71. The highest BCUT2D eigenvalue weighted by Gasteiger charge is 2.19. The van der Waals surface area contributed by atoms with Gasteiger partial charge in [0.05, 0.1) is 0 Å². The minimum Gasteiger partial charge on any atom is -0.462 e. The highest BCUT2D eigenvalue weighted by Crippen LogP contribution is 2.16. The predicted molar refractivity (Wildman–Crippen MR) is 288 cm³/mol. The van der Waals surface area contributed by atoms with E-state index in [2.05, 4.69) is 75.5 Å². The zero-order valence-electron chi connectivity index (χ0n) is 44.4. The highest BCUT2D eigenvalue weighted by atomic mass is 16.6. The fraction of sp³-hybridized carbons (Fsp3) is 0.787. The molecule has 0 rings (SSSR count). The van der Waals surface area contributed by atoms with Gasteiger partial charge in [-0.25, -0.2) is 0 Å². The average Bonchev–Trinajstić information content (AvgIpc) is 3.33. The molecule has 0 bridgehead atoms. The van der Waals surface area contributed by atoms with Crippen LogP contribution in [0.2, 0.25) is 0 Å². The molecule has 1 atom stereocenters. The third kappa shape index (κ3) is 53.9. The Hall–Kier alpha value is -2.89. The van der Waals surface area contributed by atoms with E-state index in [0.717, 1.165) is 64.2 Å².